The van der Waals surface area contributed by atoms with Crippen molar-refractivity contribution in [3.05, 3.63) is 74.1 Å². The zero-order valence-electron chi connectivity index (χ0n) is 19.2. The van der Waals surface area contributed by atoms with Gasteiger partial charge >= 0.3 is 5.69 Å². The van der Waals surface area contributed by atoms with Crippen LogP contribution < -0.4 is 25.4 Å². The van der Waals surface area contributed by atoms with Gasteiger partial charge in [-0.15, -0.1) is 0 Å². The van der Waals surface area contributed by atoms with Gasteiger partial charge in [-0.2, -0.15) is 0 Å². The number of nitrogens with one attached hydrogen (secondary N) is 3. The molecule has 0 radical (unpaired) electrons. The van der Waals surface area contributed by atoms with Crippen LogP contribution in [0.1, 0.15) is 30.5 Å². The second kappa shape index (κ2) is 8.53. The summed E-state index contributed by atoms with van der Waals surface area (Å²) in [5, 5.41) is 0. The van der Waals surface area contributed by atoms with Gasteiger partial charge in [0.15, 0.2) is 0 Å². The van der Waals surface area contributed by atoms with Crippen LogP contribution in [0.5, 0.6) is 11.5 Å². The molecule has 10 heteroatoms. The monoisotopic (exact) mass is 483 g/mol. The number of rotatable bonds is 6. The minimum Gasteiger partial charge on any atom is -0.496 e. The zero-order chi connectivity index (χ0) is 24.7. The van der Waals surface area contributed by atoms with Crippen LogP contribution in [0.15, 0.2) is 46.1 Å². The molecule has 0 aliphatic carbocycles. The molecule has 0 saturated heterocycles. The van der Waals surface area contributed by atoms with Gasteiger partial charge in [-0.05, 0) is 23.8 Å². The molecule has 1 aliphatic rings. The molecule has 1 aliphatic heterocycles. The van der Waals surface area contributed by atoms with Gasteiger partial charge in [0, 0.05) is 34.0 Å². The van der Waals surface area contributed by atoms with E-state index in [-0.39, 0.29) is 11.0 Å². The number of H-pyrrole nitrogens is 2. The highest BCUT2D eigenvalue weighted by atomic mass is 32.2. The van der Waals surface area contributed by atoms with E-state index in [9.17, 15) is 18.0 Å². The molecule has 0 bridgehead atoms. The van der Waals surface area contributed by atoms with Crippen LogP contribution in [0.4, 0.5) is 5.69 Å². The number of hydrogen-bond acceptors (Lipinski definition) is 6. The molecule has 3 aromatic rings. The van der Waals surface area contributed by atoms with Crippen molar-refractivity contribution >= 4 is 27.9 Å². The van der Waals surface area contributed by atoms with E-state index in [1.807, 2.05) is 26.0 Å². The first-order valence-electron chi connectivity index (χ1n) is 10.4. The van der Waals surface area contributed by atoms with E-state index in [0.717, 1.165) is 22.9 Å². The highest BCUT2D eigenvalue weighted by Gasteiger charge is 2.38. The van der Waals surface area contributed by atoms with Gasteiger partial charge in [-0.25, -0.2) is 13.2 Å². The van der Waals surface area contributed by atoms with Crippen molar-refractivity contribution in [3.63, 3.8) is 0 Å². The Bertz CT molecular complexity index is 1500. The first-order valence-corrected chi connectivity index (χ1v) is 12.3. The molecule has 0 atom stereocenters. The van der Waals surface area contributed by atoms with E-state index in [0.29, 0.717) is 29.4 Å². The van der Waals surface area contributed by atoms with E-state index in [2.05, 4.69) is 14.7 Å². The number of fused-ring (bicyclic) bond motifs is 1. The van der Waals surface area contributed by atoms with Gasteiger partial charge in [-0.1, -0.05) is 38.1 Å². The lowest BCUT2D eigenvalue weighted by Crippen LogP contribution is -2.22. The van der Waals surface area contributed by atoms with Crippen molar-refractivity contribution in [3.8, 4) is 22.6 Å². The van der Waals surface area contributed by atoms with Gasteiger partial charge in [-0.3, -0.25) is 14.5 Å². The number of benzene rings is 2. The fourth-order valence-corrected chi connectivity index (χ4v) is 4.54. The Morgan fingerprint density at radius 1 is 1.12 bits per heavy atom. The summed E-state index contributed by atoms with van der Waals surface area (Å²) in [6, 6.07) is 8.69. The van der Waals surface area contributed by atoms with Crippen LogP contribution in [0.3, 0.4) is 0 Å². The Hall–Kier alpha value is -3.79. The lowest BCUT2D eigenvalue weighted by atomic mass is 9.83. The van der Waals surface area contributed by atoms with E-state index in [4.69, 9.17) is 9.47 Å². The number of sulfonamides is 1. The van der Waals surface area contributed by atoms with Crippen LogP contribution in [-0.2, 0) is 15.4 Å². The summed E-state index contributed by atoms with van der Waals surface area (Å²) in [4.78, 5) is 28.8. The standard InChI is InChI=1S/C24H25N3O6S/c1-24(2)13-33-21-17(18-12-25-23(29)26-22(18)28)11-15(20(32-3)19(21)24)8-5-14-6-9-16(10-7-14)27-34(4,30)31/h5-12,27H,13H2,1-4H3,(H2,25,26,28,29)/b8-5+. The van der Waals surface area contributed by atoms with Crippen LogP contribution in [0, 0.1) is 0 Å². The Kier molecular flexibility index (Phi) is 5.86. The van der Waals surface area contributed by atoms with Crippen molar-refractivity contribution in [2.24, 2.45) is 0 Å². The summed E-state index contributed by atoms with van der Waals surface area (Å²) < 4.78 is 37.0. The summed E-state index contributed by atoms with van der Waals surface area (Å²) in [6.45, 7) is 4.47. The van der Waals surface area contributed by atoms with Crippen LogP contribution >= 0.6 is 0 Å². The number of anilines is 1. The van der Waals surface area contributed by atoms with E-state index < -0.39 is 21.3 Å². The molecular formula is C24H25N3O6S. The quantitative estimate of drug-likeness (QED) is 0.462. The van der Waals surface area contributed by atoms with Crippen molar-refractivity contribution < 1.29 is 17.9 Å². The highest BCUT2D eigenvalue weighted by molar-refractivity contribution is 7.92. The first kappa shape index (κ1) is 23.4. The maximum Gasteiger partial charge on any atom is 0.325 e. The molecule has 0 amide bonds. The molecule has 0 spiro atoms. The number of methoxy groups -OCH3 is 1. The van der Waals surface area contributed by atoms with Crippen LogP contribution in [0.2, 0.25) is 0 Å². The molecule has 0 fully saturated rings. The molecule has 0 saturated carbocycles. The largest absolute Gasteiger partial charge is 0.496 e. The first-order chi connectivity index (χ1) is 16.0. The summed E-state index contributed by atoms with van der Waals surface area (Å²) in [6.07, 6.45) is 6.18. The predicted molar refractivity (Wildman–Crippen MR) is 132 cm³/mol. The maximum absolute atomic E-state index is 12.5. The average molecular weight is 484 g/mol. The SMILES string of the molecule is COc1c(/C=C/c2ccc(NS(C)(=O)=O)cc2)cc(-c2c[nH]c(=O)[nH]c2=O)c2c1C(C)(C)CO2. The molecule has 2 heterocycles. The van der Waals surface area contributed by atoms with Gasteiger partial charge in [0.2, 0.25) is 10.0 Å². The van der Waals surface area contributed by atoms with Crippen molar-refractivity contribution in [1.82, 2.24) is 9.97 Å². The fraction of sp³-hybridized carbons (Fsp3) is 0.250. The topological polar surface area (TPSA) is 130 Å². The van der Waals surface area contributed by atoms with Crippen molar-refractivity contribution in [2.45, 2.75) is 19.3 Å². The minimum absolute atomic E-state index is 0.280. The third-order valence-electron chi connectivity index (χ3n) is 5.50. The minimum atomic E-state index is -3.36. The molecule has 4 rings (SSSR count). The molecule has 0 unspecified atom stereocenters. The Labute approximate surface area is 196 Å². The lowest BCUT2D eigenvalue weighted by molar-refractivity contribution is 0.290. The molecule has 2 aromatic carbocycles. The molecule has 178 valence electrons. The molecular weight excluding hydrogens is 458 g/mol. The van der Waals surface area contributed by atoms with Gasteiger partial charge < -0.3 is 14.5 Å². The normalized spacial score (nSPS) is 14.6. The number of aromatic nitrogens is 2. The van der Waals surface area contributed by atoms with Gasteiger partial charge in [0.05, 0.1) is 25.5 Å². The summed E-state index contributed by atoms with van der Waals surface area (Å²) in [5.74, 6) is 1.18. The van der Waals surface area contributed by atoms with Gasteiger partial charge in [0.1, 0.15) is 11.5 Å². The fourth-order valence-electron chi connectivity index (χ4n) is 3.97. The maximum atomic E-state index is 12.5. The van der Waals surface area contributed by atoms with Crippen molar-refractivity contribution in [1.29, 1.82) is 0 Å². The molecule has 3 N–H and O–H groups in total. The third kappa shape index (κ3) is 4.62. The highest BCUT2D eigenvalue weighted by Crippen LogP contribution is 2.50. The van der Waals surface area contributed by atoms with E-state index in [1.165, 1.54) is 6.20 Å². The van der Waals surface area contributed by atoms with E-state index >= 15 is 0 Å². The Morgan fingerprint density at radius 2 is 1.82 bits per heavy atom. The van der Waals surface area contributed by atoms with Crippen LogP contribution in [0.25, 0.3) is 23.3 Å². The Balaban J connectivity index is 1.83. The third-order valence-corrected chi connectivity index (χ3v) is 6.10. The number of ether oxygens (including phenoxy) is 2. The van der Waals surface area contributed by atoms with Gasteiger partial charge in [0.25, 0.3) is 5.56 Å². The molecule has 1 aromatic heterocycles. The average Bonchev–Trinajstić information content (AvgIpc) is 3.07. The van der Waals surface area contributed by atoms with E-state index in [1.54, 1.807) is 37.4 Å². The second-order valence-corrected chi connectivity index (χ2v) is 10.5. The second-order valence-electron chi connectivity index (χ2n) is 8.74. The predicted octanol–water partition coefficient (Wildman–Crippen LogP) is 2.95. The Morgan fingerprint density at radius 3 is 2.44 bits per heavy atom. The lowest BCUT2D eigenvalue weighted by Gasteiger charge is -2.21. The summed E-state index contributed by atoms with van der Waals surface area (Å²) >= 11 is 0. The number of aromatic amines is 2. The number of hydrogen-bond donors (Lipinski definition) is 3. The van der Waals surface area contributed by atoms with Crippen LogP contribution in [-0.4, -0.2) is 38.4 Å². The smallest absolute Gasteiger partial charge is 0.325 e. The summed E-state index contributed by atoms with van der Waals surface area (Å²) in [7, 11) is -1.77. The van der Waals surface area contributed by atoms with Crippen molar-refractivity contribution in [2.75, 3.05) is 24.7 Å². The molecule has 9 nitrogen and oxygen atoms in total. The summed E-state index contributed by atoms with van der Waals surface area (Å²) in [5.41, 5.74) is 2.21. The zero-order valence-corrected chi connectivity index (χ0v) is 20.0. The molecule has 34 heavy (non-hydrogen) atoms.